The molecule has 13 heavy (non-hydrogen) atoms. The molecule has 0 rings (SSSR count). The molecule has 0 aromatic carbocycles. The Morgan fingerprint density at radius 2 is 1.69 bits per heavy atom. The normalized spacial score (nSPS) is 12.8. The number of aliphatic carboxylic acids is 2. The first-order valence-electron chi connectivity index (χ1n) is 2.82. The molecular formula is C5H6CaO7. The molecule has 0 aromatic rings. The molecule has 1 atom stereocenters. The summed E-state index contributed by atoms with van der Waals surface area (Å²) in [5.41, 5.74) is 0. The van der Waals surface area contributed by atoms with Crippen molar-refractivity contribution >= 4 is 49.7 Å². The van der Waals surface area contributed by atoms with Crippen molar-refractivity contribution in [2.24, 2.45) is 0 Å². The van der Waals surface area contributed by atoms with Crippen LogP contribution in [0.5, 0.6) is 0 Å². The SMILES string of the molecule is O=C([O-])CC(O)C(O)(O)C(=O)[O-].[Ca+2]. The maximum absolute atomic E-state index is 9.86. The van der Waals surface area contributed by atoms with Gasteiger partial charge in [0.05, 0.1) is 0 Å². The van der Waals surface area contributed by atoms with Crippen LogP contribution in [0.25, 0.3) is 0 Å². The topological polar surface area (TPSA) is 141 Å². The summed E-state index contributed by atoms with van der Waals surface area (Å²) >= 11 is 0. The molecule has 1 unspecified atom stereocenters. The Kier molecular flexibility index (Phi) is 6.86. The molecule has 70 valence electrons. The molecule has 0 aliphatic carbocycles. The van der Waals surface area contributed by atoms with Crippen molar-refractivity contribution < 1.29 is 35.1 Å². The van der Waals surface area contributed by atoms with Crippen molar-refractivity contribution in [2.75, 3.05) is 0 Å². The first kappa shape index (κ1) is 15.5. The van der Waals surface area contributed by atoms with Crippen LogP contribution in [0.1, 0.15) is 6.42 Å². The first-order chi connectivity index (χ1) is 5.28. The summed E-state index contributed by atoms with van der Waals surface area (Å²) in [6.45, 7) is 0. The van der Waals surface area contributed by atoms with Gasteiger partial charge in [-0.15, -0.1) is 0 Å². The molecule has 0 fully saturated rings. The van der Waals surface area contributed by atoms with Crippen molar-refractivity contribution in [2.45, 2.75) is 18.3 Å². The van der Waals surface area contributed by atoms with E-state index in [1.165, 1.54) is 0 Å². The van der Waals surface area contributed by atoms with E-state index in [-0.39, 0.29) is 37.7 Å². The third kappa shape index (κ3) is 4.75. The van der Waals surface area contributed by atoms with Gasteiger partial charge in [-0.3, -0.25) is 0 Å². The van der Waals surface area contributed by atoms with E-state index < -0.39 is 30.3 Å². The van der Waals surface area contributed by atoms with E-state index in [9.17, 15) is 19.8 Å². The van der Waals surface area contributed by atoms with Crippen molar-refractivity contribution in [1.82, 2.24) is 0 Å². The van der Waals surface area contributed by atoms with E-state index in [1.54, 1.807) is 0 Å². The second-order valence-electron chi connectivity index (χ2n) is 2.11. The number of carboxylic acid groups (broad SMARTS) is 2. The number of rotatable bonds is 4. The van der Waals surface area contributed by atoms with Gasteiger partial charge in [0.1, 0.15) is 12.1 Å². The molecule has 0 bridgehead atoms. The van der Waals surface area contributed by atoms with Crippen LogP contribution in [-0.4, -0.2) is 76.9 Å². The average molecular weight is 218 g/mol. The number of carbonyl (C=O) groups is 2. The predicted octanol–water partition coefficient (Wildman–Crippen LogP) is -5.46. The number of aliphatic hydroxyl groups excluding tert-OH is 1. The number of hydrogen-bond donors (Lipinski definition) is 3. The first-order valence-corrected chi connectivity index (χ1v) is 2.82. The van der Waals surface area contributed by atoms with Crippen LogP contribution < -0.4 is 10.2 Å². The molecule has 0 radical (unpaired) electrons. The fraction of sp³-hybridized carbons (Fsp3) is 0.600. The van der Waals surface area contributed by atoms with E-state index in [1.807, 2.05) is 0 Å². The van der Waals surface area contributed by atoms with Crippen molar-refractivity contribution in [3.8, 4) is 0 Å². The average Bonchev–Trinajstić information content (AvgIpc) is 1.85. The van der Waals surface area contributed by atoms with Crippen LogP contribution >= 0.6 is 0 Å². The molecular weight excluding hydrogens is 212 g/mol. The van der Waals surface area contributed by atoms with Crippen LogP contribution in [0.3, 0.4) is 0 Å². The second-order valence-corrected chi connectivity index (χ2v) is 2.11. The zero-order chi connectivity index (χ0) is 9.94. The molecule has 0 aliphatic rings. The van der Waals surface area contributed by atoms with Crippen molar-refractivity contribution in [3.05, 3.63) is 0 Å². The van der Waals surface area contributed by atoms with Crippen LogP contribution in [0.2, 0.25) is 0 Å². The molecule has 0 aliphatic heterocycles. The fourth-order valence-corrected chi connectivity index (χ4v) is 0.436. The third-order valence-electron chi connectivity index (χ3n) is 1.13. The van der Waals surface area contributed by atoms with Gasteiger partial charge in [0.25, 0.3) is 0 Å². The quantitative estimate of drug-likeness (QED) is 0.315. The number of carboxylic acids is 2. The molecule has 3 N–H and O–H groups in total. The van der Waals surface area contributed by atoms with Crippen LogP contribution in [0, 0.1) is 0 Å². The standard InChI is InChI=1S/C5H8O7.Ca/c6-2(1-3(7)8)5(11,12)4(9)10;/h2,6,11-12H,1H2,(H,7,8)(H,9,10);/q;+2/p-2. The van der Waals surface area contributed by atoms with E-state index in [0.29, 0.717) is 0 Å². The van der Waals surface area contributed by atoms with Gasteiger partial charge in [0.15, 0.2) is 0 Å². The van der Waals surface area contributed by atoms with E-state index in [4.69, 9.17) is 15.3 Å². The predicted molar refractivity (Wildman–Crippen MR) is 33.6 cm³/mol. The van der Waals surface area contributed by atoms with E-state index in [2.05, 4.69) is 0 Å². The van der Waals surface area contributed by atoms with Gasteiger partial charge in [-0.25, -0.2) is 0 Å². The minimum Gasteiger partial charge on any atom is -0.550 e. The van der Waals surface area contributed by atoms with Crippen LogP contribution in [0.15, 0.2) is 0 Å². The Bertz CT molecular complexity index is 201. The summed E-state index contributed by atoms with van der Waals surface area (Å²) < 4.78 is 0. The van der Waals surface area contributed by atoms with Gasteiger partial charge < -0.3 is 35.1 Å². The monoisotopic (exact) mass is 218 g/mol. The van der Waals surface area contributed by atoms with Crippen molar-refractivity contribution in [3.63, 3.8) is 0 Å². The third-order valence-corrected chi connectivity index (χ3v) is 1.13. The van der Waals surface area contributed by atoms with Gasteiger partial charge in [0.2, 0.25) is 5.79 Å². The Labute approximate surface area is 103 Å². The van der Waals surface area contributed by atoms with E-state index >= 15 is 0 Å². The number of hydrogen-bond acceptors (Lipinski definition) is 7. The molecule has 0 saturated heterocycles. The maximum Gasteiger partial charge on any atom is 2.00 e. The summed E-state index contributed by atoms with van der Waals surface area (Å²) in [5, 5.41) is 45.1. The minimum absolute atomic E-state index is 0. The zero-order valence-corrected chi connectivity index (χ0v) is 8.67. The summed E-state index contributed by atoms with van der Waals surface area (Å²) in [6.07, 6.45) is -3.59. The summed E-state index contributed by atoms with van der Waals surface area (Å²) in [6, 6.07) is 0. The molecule has 0 amide bonds. The van der Waals surface area contributed by atoms with Gasteiger partial charge in [-0.2, -0.15) is 0 Å². The number of aliphatic hydroxyl groups is 3. The smallest absolute Gasteiger partial charge is 0.550 e. The Balaban J connectivity index is 0. The summed E-state index contributed by atoms with van der Waals surface area (Å²) in [4.78, 5) is 19.6. The largest absolute Gasteiger partial charge is 2.00 e. The molecule has 0 heterocycles. The fourth-order valence-electron chi connectivity index (χ4n) is 0.436. The maximum atomic E-state index is 9.86. The van der Waals surface area contributed by atoms with Crippen molar-refractivity contribution in [1.29, 1.82) is 0 Å². The second kappa shape index (κ2) is 5.74. The van der Waals surface area contributed by atoms with Crippen LogP contribution in [0.4, 0.5) is 0 Å². The summed E-state index contributed by atoms with van der Waals surface area (Å²) in [5.74, 6) is -7.76. The van der Waals surface area contributed by atoms with Gasteiger partial charge in [0, 0.05) is 12.4 Å². The van der Waals surface area contributed by atoms with Gasteiger partial charge >= 0.3 is 37.7 Å². The Morgan fingerprint density at radius 1 is 1.31 bits per heavy atom. The molecule has 8 heteroatoms. The molecule has 0 spiro atoms. The van der Waals surface area contributed by atoms with Gasteiger partial charge in [-0.05, 0) is 0 Å². The summed E-state index contributed by atoms with van der Waals surface area (Å²) in [7, 11) is 0. The Morgan fingerprint density at radius 3 is 1.92 bits per heavy atom. The van der Waals surface area contributed by atoms with Gasteiger partial charge in [-0.1, -0.05) is 0 Å². The minimum atomic E-state index is -3.57. The van der Waals surface area contributed by atoms with E-state index in [0.717, 1.165) is 0 Å². The number of carbonyl (C=O) groups excluding carboxylic acids is 2. The van der Waals surface area contributed by atoms with Crippen LogP contribution in [-0.2, 0) is 9.59 Å². The zero-order valence-electron chi connectivity index (χ0n) is 6.47. The molecule has 0 aromatic heterocycles. The molecule has 7 nitrogen and oxygen atoms in total. The molecule has 0 saturated carbocycles. The Hall–Kier alpha value is 0.0797.